The monoisotopic (exact) mass is 383 g/mol. The highest BCUT2D eigenvalue weighted by molar-refractivity contribution is 5.74. The molecule has 1 aliphatic heterocycles. The molecule has 2 heterocycles. The van der Waals surface area contributed by atoms with Crippen LogP contribution in [-0.2, 0) is 6.54 Å². The predicted molar refractivity (Wildman–Crippen MR) is 94.3 cm³/mol. The van der Waals surface area contributed by atoms with E-state index in [1.165, 1.54) is 12.3 Å². The molecule has 27 heavy (non-hydrogen) atoms. The molecule has 2 aliphatic rings. The van der Waals surface area contributed by atoms with E-state index in [4.69, 9.17) is 0 Å². The van der Waals surface area contributed by atoms with E-state index in [1.807, 2.05) is 4.90 Å². The summed E-state index contributed by atoms with van der Waals surface area (Å²) in [5.41, 5.74) is 0.836. The number of nitrogens with one attached hydrogen (secondary N) is 1. The molecule has 148 valence electrons. The molecule has 1 saturated heterocycles. The van der Waals surface area contributed by atoms with Crippen molar-refractivity contribution in [2.75, 3.05) is 19.7 Å². The number of aromatic nitrogens is 1. The van der Waals surface area contributed by atoms with Gasteiger partial charge in [-0.3, -0.25) is 0 Å². The molecule has 0 radical (unpaired) electrons. The maximum absolute atomic E-state index is 12.5. The summed E-state index contributed by atoms with van der Waals surface area (Å²) < 4.78 is 41.3. The van der Waals surface area contributed by atoms with Gasteiger partial charge in [0, 0.05) is 31.9 Å². The number of carbonyl (C=O) groups excluding carboxylic acids is 1. The van der Waals surface area contributed by atoms with Crippen LogP contribution < -0.4 is 10.1 Å². The summed E-state index contributed by atoms with van der Waals surface area (Å²) in [4.78, 5) is 18.2. The number of likely N-dealkylation sites (tertiary alicyclic amines) is 1. The van der Waals surface area contributed by atoms with Crippen molar-refractivity contribution in [2.45, 2.75) is 44.8 Å². The van der Waals surface area contributed by atoms with Crippen LogP contribution in [0.3, 0.4) is 0 Å². The molecule has 1 atom stereocenters. The first kappa shape index (κ1) is 19.5. The second-order valence-corrected chi connectivity index (χ2v) is 7.30. The molecule has 1 spiro atoms. The van der Waals surface area contributed by atoms with Gasteiger partial charge in [0.1, 0.15) is 0 Å². The maximum atomic E-state index is 12.5. The van der Waals surface area contributed by atoms with Gasteiger partial charge in [-0.25, -0.2) is 9.78 Å². The van der Waals surface area contributed by atoms with Crippen molar-refractivity contribution in [2.24, 2.45) is 5.41 Å². The molecule has 3 rings (SSSR count). The predicted octanol–water partition coefficient (Wildman–Crippen LogP) is 4.05. The Bertz CT molecular complexity index is 693. The van der Waals surface area contributed by atoms with Gasteiger partial charge in [-0.15, -0.1) is 0 Å². The van der Waals surface area contributed by atoms with Crippen molar-refractivity contribution in [3.8, 4) is 5.88 Å². The number of alkyl halides is 3. The van der Waals surface area contributed by atoms with E-state index >= 15 is 0 Å². The van der Waals surface area contributed by atoms with Crippen molar-refractivity contribution in [1.82, 2.24) is 15.2 Å². The zero-order chi connectivity index (χ0) is 19.3. The number of ether oxygens (including phenoxy) is 1. The number of nitrogens with zero attached hydrogens (tertiary/aromatic N) is 2. The topological polar surface area (TPSA) is 54.5 Å². The number of allylic oxidation sites excluding steroid dienone is 2. The Kier molecular flexibility index (Phi) is 5.92. The number of hydrogen-bond donors (Lipinski definition) is 1. The Morgan fingerprint density at radius 2 is 2.19 bits per heavy atom. The Morgan fingerprint density at radius 1 is 1.33 bits per heavy atom. The van der Waals surface area contributed by atoms with Gasteiger partial charge in [0.15, 0.2) is 6.61 Å². The van der Waals surface area contributed by atoms with Crippen molar-refractivity contribution in [3.63, 3.8) is 0 Å². The summed E-state index contributed by atoms with van der Waals surface area (Å²) >= 11 is 0. The normalized spacial score (nSPS) is 22.7. The van der Waals surface area contributed by atoms with Crippen LogP contribution in [0.4, 0.5) is 18.0 Å². The molecule has 1 aliphatic carbocycles. The molecule has 0 saturated carbocycles. The fourth-order valence-electron chi connectivity index (χ4n) is 3.78. The number of pyridine rings is 1. The fraction of sp³-hybridized carbons (Fsp3) is 0.579. The van der Waals surface area contributed by atoms with Crippen molar-refractivity contribution >= 4 is 6.03 Å². The first-order chi connectivity index (χ1) is 12.9. The largest absolute Gasteiger partial charge is 0.468 e. The lowest BCUT2D eigenvalue weighted by atomic mass is 9.71. The second-order valence-electron chi connectivity index (χ2n) is 7.30. The van der Waals surface area contributed by atoms with E-state index in [0.717, 1.165) is 45.2 Å². The van der Waals surface area contributed by atoms with Crippen molar-refractivity contribution in [1.29, 1.82) is 0 Å². The van der Waals surface area contributed by atoms with Crippen LogP contribution in [0, 0.1) is 5.41 Å². The summed E-state index contributed by atoms with van der Waals surface area (Å²) in [7, 11) is 0. The maximum Gasteiger partial charge on any atom is 0.422 e. The molecule has 8 heteroatoms. The van der Waals surface area contributed by atoms with E-state index in [2.05, 4.69) is 27.2 Å². The summed E-state index contributed by atoms with van der Waals surface area (Å²) in [6.07, 6.45) is 6.70. The highest BCUT2D eigenvalue weighted by Crippen LogP contribution is 2.40. The Morgan fingerprint density at radius 3 is 2.93 bits per heavy atom. The van der Waals surface area contributed by atoms with Gasteiger partial charge in [-0.2, -0.15) is 13.2 Å². The number of amides is 2. The minimum absolute atomic E-state index is 0.106. The Balaban J connectivity index is 1.52. The molecule has 1 N–H and O–H groups in total. The van der Waals surface area contributed by atoms with Gasteiger partial charge >= 0.3 is 12.2 Å². The minimum Gasteiger partial charge on any atom is -0.468 e. The lowest BCUT2D eigenvalue weighted by Crippen LogP contribution is -2.49. The summed E-state index contributed by atoms with van der Waals surface area (Å²) in [6, 6.07) is 2.91. The van der Waals surface area contributed by atoms with Crippen LogP contribution >= 0.6 is 0 Å². The van der Waals surface area contributed by atoms with Gasteiger partial charge in [-0.05, 0) is 49.1 Å². The average molecular weight is 383 g/mol. The SMILES string of the molecule is O=C(NCc1ccnc(OCC(F)(F)F)c1)N1CCCC2(CC=CCC2)C1. The molecule has 0 aromatic carbocycles. The first-order valence-corrected chi connectivity index (χ1v) is 9.18. The smallest absolute Gasteiger partial charge is 0.422 e. The van der Waals surface area contributed by atoms with Gasteiger partial charge in [-0.1, -0.05) is 12.2 Å². The molecule has 1 unspecified atom stereocenters. The average Bonchev–Trinajstić information content (AvgIpc) is 2.65. The number of urea groups is 1. The number of piperidine rings is 1. The molecule has 1 fully saturated rings. The molecule has 1 aromatic rings. The molecule has 1 aromatic heterocycles. The molecule has 2 amide bonds. The third kappa shape index (κ3) is 5.61. The van der Waals surface area contributed by atoms with Gasteiger partial charge in [0.25, 0.3) is 0 Å². The second kappa shape index (κ2) is 8.19. The lowest BCUT2D eigenvalue weighted by Gasteiger charge is -2.43. The minimum atomic E-state index is -4.41. The van der Waals surface area contributed by atoms with E-state index in [0.29, 0.717) is 5.56 Å². The summed E-state index contributed by atoms with van der Waals surface area (Å²) in [5.74, 6) is -0.106. The van der Waals surface area contributed by atoms with E-state index in [9.17, 15) is 18.0 Å². The first-order valence-electron chi connectivity index (χ1n) is 9.18. The third-order valence-electron chi connectivity index (χ3n) is 5.13. The van der Waals surface area contributed by atoms with Crippen molar-refractivity contribution in [3.05, 3.63) is 36.0 Å². The van der Waals surface area contributed by atoms with Crippen LogP contribution in [-0.4, -0.2) is 41.8 Å². The Hall–Kier alpha value is -2.25. The van der Waals surface area contributed by atoms with Crippen LogP contribution in [0.1, 0.15) is 37.7 Å². The zero-order valence-corrected chi connectivity index (χ0v) is 15.1. The van der Waals surface area contributed by atoms with Gasteiger partial charge in [0.05, 0.1) is 0 Å². The van der Waals surface area contributed by atoms with Crippen molar-refractivity contribution < 1.29 is 22.7 Å². The number of halogens is 3. The quantitative estimate of drug-likeness (QED) is 0.798. The summed E-state index contributed by atoms with van der Waals surface area (Å²) in [5, 5.41) is 2.85. The Labute approximate surface area is 156 Å². The van der Waals surface area contributed by atoms with Crippen LogP contribution in [0.2, 0.25) is 0 Å². The highest BCUT2D eigenvalue weighted by Gasteiger charge is 2.36. The number of hydrogen-bond acceptors (Lipinski definition) is 3. The van der Waals surface area contributed by atoms with Crippen LogP contribution in [0.5, 0.6) is 5.88 Å². The van der Waals surface area contributed by atoms with Crippen LogP contribution in [0.15, 0.2) is 30.5 Å². The van der Waals surface area contributed by atoms with Gasteiger partial charge < -0.3 is 15.0 Å². The molecule has 5 nitrogen and oxygen atoms in total. The fourth-order valence-corrected chi connectivity index (χ4v) is 3.78. The summed E-state index contributed by atoms with van der Waals surface area (Å²) in [6.45, 7) is 0.306. The van der Waals surface area contributed by atoms with Gasteiger partial charge in [0.2, 0.25) is 5.88 Å². The standard InChI is InChI=1S/C19H24F3N3O2/c20-19(21,22)14-27-16-11-15(5-9-23-16)12-24-17(26)25-10-4-8-18(13-25)6-2-1-3-7-18/h1-2,5,9,11H,3-4,6-8,10,12-14H2,(H,24,26). The highest BCUT2D eigenvalue weighted by atomic mass is 19.4. The van der Waals surface area contributed by atoms with Crippen LogP contribution in [0.25, 0.3) is 0 Å². The number of rotatable bonds is 4. The molecular weight excluding hydrogens is 359 g/mol. The van der Waals surface area contributed by atoms with E-state index in [-0.39, 0.29) is 23.9 Å². The molecular formula is C19H24F3N3O2. The lowest BCUT2D eigenvalue weighted by molar-refractivity contribution is -0.154. The number of carbonyl (C=O) groups is 1. The molecule has 0 bridgehead atoms. The zero-order valence-electron chi connectivity index (χ0n) is 15.1. The third-order valence-corrected chi connectivity index (χ3v) is 5.13. The van der Waals surface area contributed by atoms with E-state index < -0.39 is 12.8 Å². The van der Waals surface area contributed by atoms with E-state index in [1.54, 1.807) is 6.07 Å².